The highest BCUT2D eigenvalue weighted by Crippen LogP contribution is 2.24. The van der Waals surface area contributed by atoms with Gasteiger partial charge in [-0.25, -0.2) is 0 Å². The number of hydrogen-bond acceptors (Lipinski definition) is 3. The van der Waals surface area contributed by atoms with Gasteiger partial charge in [0.15, 0.2) is 0 Å². The first-order chi connectivity index (χ1) is 7.15. The molecule has 5 heteroatoms. The number of carbonyl (C=O) groups excluding carboxylic acids is 1. The summed E-state index contributed by atoms with van der Waals surface area (Å²) in [4.78, 5) is 11.6. The molecule has 0 aliphatic heterocycles. The molecule has 0 aliphatic rings. The zero-order valence-electron chi connectivity index (χ0n) is 8.13. The average molecular weight is 265 g/mol. The fourth-order valence-corrected chi connectivity index (χ4v) is 2.27. The Bertz CT molecular complexity index is 355. The predicted molar refractivity (Wildman–Crippen MR) is 65.1 cm³/mol. The lowest BCUT2D eigenvalue weighted by molar-refractivity contribution is 0.108. The smallest absolute Gasteiger partial charge is 0.220 e. The van der Waals surface area contributed by atoms with Gasteiger partial charge in [-0.3, -0.25) is 4.79 Å². The number of thioether (sulfide) groups is 1. The summed E-state index contributed by atoms with van der Waals surface area (Å²) >= 11 is 12.8. The Morgan fingerprint density at radius 3 is 2.80 bits per heavy atom. The molecule has 0 N–H and O–H groups in total. The maximum absolute atomic E-state index is 11.6. The monoisotopic (exact) mass is 264 g/mol. The van der Waals surface area contributed by atoms with Crippen molar-refractivity contribution < 1.29 is 9.53 Å². The lowest BCUT2D eigenvalue weighted by Gasteiger charge is -2.03. The Balaban J connectivity index is 2.65. The van der Waals surface area contributed by atoms with Gasteiger partial charge in [-0.2, -0.15) is 0 Å². The van der Waals surface area contributed by atoms with Crippen LogP contribution >= 0.6 is 35.0 Å². The van der Waals surface area contributed by atoms with E-state index in [0.717, 1.165) is 0 Å². The minimum absolute atomic E-state index is 0.0614. The lowest BCUT2D eigenvalue weighted by atomic mass is 10.2. The van der Waals surface area contributed by atoms with Crippen LogP contribution in [0.25, 0.3) is 0 Å². The molecule has 0 saturated carbocycles. The van der Waals surface area contributed by atoms with Gasteiger partial charge in [-0.05, 0) is 18.2 Å². The second-order valence-corrected chi connectivity index (χ2v) is 4.66. The quantitative estimate of drug-likeness (QED) is 0.779. The summed E-state index contributed by atoms with van der Waals surface area (Å²) in [6.07, 6.45) is 0. The van der Waals surface area contributed by atoms with Gasteiger partial charge in [0, 0.05) is 23.4 Å². The van der Waals surface area contributed by atoms with E-state index < -0.39 is 0 Å². The van der Waals surface area contributed by atoms with E-state index in [1.54, 1.807) is 25.3 Å². The van der Waals surface area contributed by atoms with E-state index in [2.05, 4.69) is 0 Å². The Hall–Kier alpha value is -0.220. The van der Waals surface area contributed by atoms with Gasteiger partial charge < -0.3 is 4.74 Å². The molecule has 0 fully saturated rings. The van der Waals surface area contributed by atoms with Crippen LogP contribution in [0.2, 0.25) is 10.0 Å². The molecular weight excluding hydrogens is 255 g/mol. The standard InChI is InChI=1S/C10H10Cl2O2S/c1-14-4-5-15-10(13)8-3-2-7(11)6-9(8)12/h2-3,6H,4-5H2,1H3. The average Bonchev–Trinajstić information content (AvgIpc) is 2.17. The van der Waals surface area contributed by atoms with Crippen LogP contribution < -0.4 is 0 Å². The van der Waals surface area contributed by atoms with Crippen molar-refractivity contribution in [3.63, 3.8) is 0 Å². The number of hydrogen-bond donors (Lipinski definition) is 0. The second-order valence-electron chi connectivity index (χ2n) is 2.75. The minimum Gasteiger partial charge on any atom is -0.384 e. The van der Waals surface area contributed by atoms with Gasteiger partial charge in [0.05, 0.1) is 11.6 Å². The number of halogens is 2. The summed E-state index contributed by atoms with van der Waals surface area (Å²) in [7, 11) is 1.60. The molecule has 0 spiro atoms. The Kier molecular flexibility index (Phi) is 5.47. The van der Waals surface area contributed by atoms with Gasteiger partial charge in [-0.15, -0.1) is 0 Å². The van der Waals surface area contributed by atoms with Crippen LogP contribution in [-0.4, -0.2) is 24.6 Å². The number of ether oxygens (including phenoxy) is 1. The highest BCUT2D eigenvalue weighted by Gasteiger charge is 2.10. The molecule has 0 bridgehead atoms. The molecule has 1 aromatic carbocycles. The molecule has 82 valence electrons. The first-order valence-electron chi connectivity index (χ1n) is 4.26. The van der Waals surface area contributed by atoms with Crippen LogP contribution in [0.4, 0.5) is 0 Å². The molecule has 0 aromatic heterocycles. The Labute approximate surface area is 103 Å². The van der Waals surface area contributed by atoms with Crippen molar-refractivity contribution in [2.24, 2.45) is 0 Å². The molecule has 2 nitrogen and oxygen atoms in total. The van der Waals surface area contributed by atoms with Crippen LogP contribution in [0.15, 0.2) is 18.2 Å². The van der Waals surface area contributed by atoms with E-state index in [9.17, 15) is 4.79 Å². The van der Waals surface area contributed by atoms with E-state index in [1.807, 2.05) is 0 Å². The summed E-state index contributed by atoms with van der Waals surface area (Å²) in [6, 6.07) is 4.84. The van der Waals surface area contributed by atoms with Crippen molar-refractivity contribution in [2.75, 3.05) is 19.5 Å². The third-order valence-electron chi connectivity index (χ3n) is 1.67. The fraction of sp³-hybridized carbons (Fsp3) is 0.300. The van der Waals surface area contributed by atoms with Gasteiger partial charge in [-0.1, -0.05) is 35.0 Å². The number of carbonyl (C=O) groups is 1. The van der Waals surface area contributed by atoms with Crippen molar-refractivity contribution in [3.05, 3.63) is 33.8 Å². The third kappa shape index (κ3) is 4.03. The maximum atomic E-state index is 11.6. The van der Waals surface area contributed by atoms with Crippen LogP contribution in [0.1, 0.15) is 10.4 Å². The highest BCUT2D eigenvalue weighted by molar-refractivity contribution is 8.14. The van der Waals surface area contributed by atoms with Crippen molar-refractivity contribution in [1.29, 1.82) is 0 Å². The first kappa shape index (κ1) is 12.8. The molecule has 0 saturated heterocycles. The zero-order valence-corrected chi connectivity index (χ0v) is 10.5. The third-order valence-corrected chi connectivity index (χ3v) is 3.07. The molecule has 0 aliphatic carbocycles. The molecule has 0 radical (unpaired) electrons. The van der Waals surface area contributed by atoms with Gasteiger partial charge in [0.25, 0.3) is 0 Å². The lowest BCUT2D eigenvalue weighted by Crippen LogP contribution is -1.99. The second kappa shape index (κ2) is 6.38. The molecular formula is C10H10Cl2O2S. The molecule has 0 heterocycles. The number of benzene rings is 1. The summed E-state index contributed by atoms with van der Waals surface area (Å²) in [5.74, 6) is 0.619. The zero-order chi connectivity index (χ0) is 11.3. The SMILES string of the molecule is COCCSC(=O)c1ccc(Cl)cc1Cl. The van der Waals surface area contributed by atoms with E-state index >= 15 is 0 Å². The largest absolute Gasteiger partial charge is 0.384 e. The summed E-state index contributed by atoms with van der Waals surface area (Å²) in [5.41, 5.74) is 0.488. The predicted octanol–water partition coefficient (Wildman–Crippen LogP) is 3.51. The normalized spacial score (nSPS) is 10.3. The fourth-order valence-electron chi connectivity index (χ4n) is 0.950. The summed E-state index contributed by atoms with van der Waals surface area (Å²) in [5, 5.41) is 0.851. The Morgan fingerprint density at radius 2 is 2.20 bits per heavy atom. The maximum Gasteiger partial charge on any atom is 0.220 e. The van der Waals surface area contributed by atoms with Gasteiger partial charge >= 0.3 is 0 Å². The molecule has 15 heavy (non-hydrogen) atoms. The van der Waals surface area contributed by atoms with Crippen molar-refractivity contribution in [3.8, 4) is 0 Å². The summed E-state index contributed by atoms with van der Waals surface area (Å²) in [6.45, 7) is 0.543. The van der Waals surface area contributed by atoms with E-state index in [4.69, 9.17) is 27.9 Å². The van der Waals surface area contributed by atoms with Gasteiger partial charge in [0.1, 0.15) is 0 Å². The summed E-state index contributed by atoms with van der Waals surface area (Å²) < 4.78 is 4.85. The van der Waals surface area contributed by atoms with Gasteiger partial charge in [0.2, 0.25) is 5.12 Å². The number of rotatable bonds is 4. The van der Waals surface area contributed by atoms with E-state index in [0.29, 0.717) is 28.0 Å². The van der Waals surface area contributed by atoms with Crippen molar-refractivity contribution in [2.45, 2.75) is 0 Å². The molecule has 0 atom stereocenters. The topological polar surface area (TPSA) is 26.3 Å². The van der Waals surface area contributed by atoms with Crippen LogP contribution in [-0.2, 0) is 4.74 Å². The van der Waals surface area contributed by atoms with Crippen LogP contribution in [0, 0.1) is 0 Å². The van der Waals surface area contributed by atoms with E-state index in [-0.39, 0.29) is 5.12 Å². The number of methoxy groups -OCH3 is 1. The molecule has 1 aromatic rings. The minimum atomic E-state index is -0.0614. The van der Waals surface area contributed by atoms with E-state index in [1.165, 1.54) is 11.8 Å². The first-order valence-corrected chi connectivity index (χ1v) is 6.00. The molecule has 1 rings (SSSR count). The Morgan fingerprint density at radius 1 is 1.47 bits per heavy atom. The van der Waals surface area contributed by atoms with Crippen LogP contribution in [0.5, 0.6) is 0 Å². The highest BCUT2D eigenvalue weighted by atomic mass is 35.5. The van der Waals surface area contributed by atoms with Crippen molar-refractivity contribution >= 4 is 40.1 Å². The van der Waals surface area contributed by atoms with Crippen LogP contribution in [0.3, 0.4) is 0 Å². The molecule has 0 unspecified atom stereocenters. The van der Waals surface area contributed by atoms with Crippen molar-refractivity contribution in [1.82, 2.24) is 0 Å². The molecule has 0 amide bonds.